The maximum absolute atomic E-state index is 12.7. The molecule has 0 radical (unpaired) electrons. The zero-order chi connectivity index (χ0) is 22.4. The number of carboxylic acid groups (broad SMARTS) is 1. The van der Waals surface area contributed by atoms with Gasteiger partial charge in [0, 0.05) is 5.56 Å². The van der Waals surface area contributed by atoms with Crippen LogP contribution in [0.2, 0.25) is 0 Å². The molecule has 1 aromatic carbocycles. The van der Waals surface area contributed by atoms with Crippen molar-refractivity contribution in [1.29, 1.82) is 0 Å². The average Bonchev–Trinajstić information content (AvgIpc) is 2.54. The van der Waals surface area contributed by atoms with Crippen molar-refractivity contribution >= 4 is 18.2 Å². The predicted molar refractivity (Wildman–Crippen MR) is 107 cm³/mol. The first-order valence-electron chi connectivity index (χ1n) is 9.44. The van der Waals surface area contributed by atoms with Crippen LogP contribution in [-0.2, 0) is 20.8 Å². The maximum atomic E-state index is 12.7. The van der Waals surface area contributed by atoms with Crippen LogP contribution < -0.4 is 4.74 Å². The van der Waals surface area contributed by atoms with Gasteiger partial charge in [0.25, 0.3) is 0 Å². The van der Waals surface area contributed by atoms with Gasteiger partial charge in [0.05, 0.1) is 6.54 Å². The number of carbonyl (C=O) groups excluding carboxylic acids is 2. The minimum Gasteiger partial charge on any atom is -0.479 e. The lowest BCUT2D eigenvalue weighted by atomic mass is 10.1. The summed E-state index contributed by atoms with van der Waals surface area (Å²) in [6.07, 6.45) is -2.53. The van der Waals surface area contributed by atoms with E-state index in [9.17, 15) is 19.5 Å². The third kappa shape index (κ3) is 8.41. The Bertz CT molecular complexity index is 703. The number of hydrogen-bond donors (Lipinski definition) is 1. The largest absolute Gasteiger partial charge is 0.479 e. The van der Waals surface area contributed by atoms with Crippen molar-refractivity contribution in [2.75, 3.05) is 0 Å². The lowest BCUT2D eigenvalue weighted by Gasteiger charge is -2.29. The number of aliphatic carboxylic acids is 1. The van der Waals surface area contributed by atoms with E-state index >= 15 is 0 Å². The number of imide groups is 1. The molecule has 29 heavy (non-hydrogen) atoms. The van der Waals surface area contributed by atoms with Gasteiger partial charge in [-0.05, 0) is 54.0 Å². The number of benzene rings is 1. The normalized spacial score (nSPS) is 12.7. The Morgan fingerprint density at radius 2 is 1.45 bits per heavy atom. The molecule has 0 aromatic heterocycles. The highest BCUT2D eigenvalue weighted by Crippen LogP contribution is 2.24. The lowest BCUT2D eigenvalue weighted by Crippen LogP contribution is -2.43. The van der Waals surface area contributed by atoms with Gasteiger partial charge in [-0.2, -0.15) is 0 Å². The summed E-state index contributed by atoms with van der Waals surface area (Å²) in [4.78, 5) is 37.5. The van der Waals surface area contributed by atoms with Gasteiger partial charge < -0.3 is 19.3 Å². The van der Waals surface area contributed by atoms with Crippen LogP contribution in [0.5, 0.6) is 5.75 Å². The maximum Gasteiger partial charge on any atom is 0.420 e. The average molecular weight is 409 g/mol. The number of ether oxygens (including phenoxy) is 3. The molecule has 1 aromatic rings. The van der Waals surface area contributed by atoms with Gasteiger partial charge >= 0.3 is 18.2 Å². The molecule has 0 saturated carbocycles. The monoisotopic (exact) mass is 409 g/mol. The third-order valence-corrected chi connectivity index (χ3v) is 3.44. The molecule has 162 valence electrons. The minimum absolute atomic E-state index is 0.198. The van der Waals surface area contributed by atoms with Gasteiger partial charge in [-0.15, -0.1) is 0 Å². The smallest absolute Gasteiger partial charge is 0.420 e. The van der Waals surface area contributed by atoms with Crippen molar-refractivity contribution in [2.24, 2.45) is 0 Å². The van der Waals surface area contributed by atoms with Crippen molar-refractivity contribution in [3.8, 4) is 5.75 Å². The SMILES string of the molecule is CCC(Oc1ccccc1CN(C(=O)OC(C)(C)C)C(=O)OC(C)(C)C)C(=O)O. The van der Waals surface area contributed by atoms with Crippen molar-refractivity contribution in [3.05, 3.63) is 29.8 Å². The Morgan fingerprint density at radius 3 is 1.86 bits per heavy atom. The Morgan fingerprint density at radius 1 is 0.966 bits per heavy atom. The molecule has 0 spiro atoms. The summed E-state index contributed by atoms with van der Waals surface area (Å²) in [5, 5.41) is 9.26. The van der Waals surface area contributed by atoms with E-state index in [0.717, 1.165) is 4.90 Å². The number of carboxylic acids is 1. The summed E-state index contributed by atoms with van der Waals surface area (Å²) in [7, 11) is 0. The van der Waals surface area contributed by atoms with Crippen LogP contribution >= 0.6 is 0 Å². The van der Waals surface area contributed by atoms with Crippen molar-refractivity contribution in [3.63, 3.8) is 0 Å². The number of amides is 2. The number of carbonyl (C=O) groups is 3. The molecule has 0 aliphatic heterocycles. The summed E-state index contributed by atoms with van der Waals surface area (Å²) >= 11 is 0. The van der Waals surface area contributed by atoms with Crippen LogP contribution in [0.1, 0.15) is 60.5 Å². The molecule has 1 atom stereocenters. The molecule has 2 amide bonds. The van der Waals surface area contributed by atoms with Crippen LogP contribution in [0.25, 0.3) is 0 Å². The van der Waals surface area contributed by atoms with Gasteiger partial charge in [-0.25, -0.2) is 19.3 Å². The number of para-hydroxylation sites is 1. The molecule has 1 N–H and O–H groups in total. The van der Waals surface area contributed by atoms with E-state index < -0.39 is 35.5 Å². The highest BCUT2D eigenvalue weighted by atomic mass is 16.6. The first kappa shape index (κ1) is 24.3. The van der Waals surface area contributed by atoms with Crippen LogP contribution in [0.4, 0.5) is 9.59 Å². The summed E-state index contributed by atoms with van der Waals surface area (Å²) in [5.74, 6) is -0.836. The molecule has 0 aliphatic rings. The molecule has 1 rings (SSSR count). The van der Waals surface area contributed by atoms with Crippen molar-refractivity contribution in [2.45, 2.75) is 78.7 Å². The Labute approximate surface area is 171 Å². The second-order valence-electron chi connectivity index (χ2n) is 8.51. The van der Waals surface area contributed by atoms with Gasteiger partial charge in [0.15, 0.2) is 6.10 Å². The molecule has 0 saturated heterocycles. The fraction of sp³-hybridized carbons (Fsp3) is 0.571. The molecular weight excluding hydrogens is 378 g/mol. The van der Waals surface area contributed by atoms with E-state index in [1.54, 1.807) is 72.7 Å². The van der Waals surface area contributed by atoms with Gasteiger partial charge in [-0.3, -0.25) is 0 Å². The van der Waals surface area contributed by atoms with Gasteiger partial charge in [-0.1, -0.05) is 25.1 Å². The highest BCUT2D eigenvalue weighted by molar-refractivity contribution is 5.88. The molecule has 8 heteroatoms. The van der Waals surface area contributed by atoms with Crippen LogP contribution in [0.15, 0.2) is 24.3 Å². The third-order valence-electron chi connectivity index (χ3n) is 3.44. The van der Waals surface area contributed by atoms with Gasteiger partial charge in [0.1, 0.15) is 17.0 Å². The topological polar surface area (TPSA) is 102 Å². The number of hydrogen-bond acceptors (Lipinski definition) is 6. The molecule has 0 heterocycles. The van der Waals surface area contributed by atoms with E-state index in [4.69, 9.17) is 14.2 Å². The van der Waals surface area contributed by atoms with Crippen molar-refractivity contribution in [1.82, 2.24) is 4.90 Å². The lowest BCUT2D eigenvalue weighted by molar-refractivity contribution is -0.145. The second kappa shape index (κ2) is 9.62. The minimum atomic E-state index is -1.10. The standard InChI is InChI=1S/C21H31NO7/c1-8-15(17(23)24)27-16-12-10-9-11-14(16)13-22(18(25)28-20(2,3)4)19(26)29-21(5,6)7/h9-12,15H,8,13H2,1-7H3,(H,23,24). The summed E-state index contributed by atoms with van der Waals surface area (Å²) in [6.45, 7) is 11.6. The Hall–Kier alpha value is -2.77. The Balaban J connectivity index is 3.20. The fourth-order valence-electron chi connectivity index (χ4n) is 2.22. The van der Waals surface area contributed by atoms with E-state index in [1.165, 1.54) is 0 Å². The van der Waals surface area contributed by atoms with E-state index in [-0.39, 0.29) is 18.7 Å². The summed E-state index contributed by atoms with van der Waals surface area (Å²) < 4.78 is 16.3. The number of nitrogens with zero attached hydrogens (tertiary/aromatic N) is 1. The Kier molecular flexibility index (Phi) is 8.05. The van der Waals surface area contributed by atoms with Crippen LogP contribution in [-0.4, -0.2) is 45.5 Å². The van der Waals surface area contributed by atoms with Gasteiger partial charge in [0.2, 0.25) is 0 Å². The zero-order valence-electron chi connectivity index (χ0n) is 18.1. The summed E-state index contributed by atoms with van der Waals surface area (Å²) in [5.41, 5.74) is -1.18. The predicted octanol–water partition coefficient (Wildman–Crippen LogP) is 4.60. The van der Waals surface area contributed by atoms with E-state index in [0.29, 0.717) is 5.56 Å². The number of rotatable bonds is 6. The second-order valence-corrected chi connectivity index (χ2v) is 8.51. The fourth-order valence-corrected chi connectivity index (χ4v) is 2.22. The first-order valence-corrected chi connectivity index (χ1v) is 9.44. The quantitative estimate of drug-likeness (QED) is 0.732. The molecule has 1 unspecified atom stereocenters. The van der Waals surface area contributed by atoms with Crippen LogP contribution in [0, 0.1) is 0 Å². The molecule has 8 nitrogen and oxygen atoms in total. The van der Waals surface area contributed by atoms with Crippen molar-refractivity contribution < 1.29 is 33.7 Å². The molecule has 0 aliphatic carbocycles. The first-order chi connectivity index (χ1) is 13.2. The van der Waals surface area contributed by atoms with E-state index in [2.05, 4.69) is 0 Å². The zero-order valence-corrected chi connectivity index (χ0v) is 18.1. The molecular formula is C21H31NO7. The highest BCUT2D eigenvalue weighted by Gasteiger charge is 2.32. The molecule has 0 fully saturated rings. The van der Waals surface area contributed by atoms with E-state index in [1.807, 2.05) is 0 Å². The molecule has 0 bridgehead atoms. The summed E-state index contributed by atoms with van der Waals surface area (Å²) in [6, 6.07) is 6.61. The van der Waals surface area contributed by atoms with Crippen LogP contribution in [0.3, 0.4) is 0 Å².